The highest BCUT2D eigenvalue weighted by Crippen LogP contribution is 2.22. The van der Waals surface area contributed by atoms with Gasteiger partial charge in [0.1, 0.15) is 0 Å². The summed E-state index contributed by atoms with van der Waals surface area (Å²) in [6.07, 6.45) is 0.244. The van der Waals surface area contributed by atoms with Crippen LogP contribution in [-0.4, -0.2) is 11.1 Å². The van der Waals surface area contributed by atoms with Gasteiger partial charge in [-0.15, -0.1) is 0 Å². The first-order chi connectivity index (χ1) is 6.56. The van der Waals surface area contributed by atoms with Crippen LogP contribution in [0, 0.1) is 13.8 Å². The predicted octanol–water partition coefficient (Wildman–Crippen LogP) is 2.07. The molecule has 2 unspecified atom stereocenters. The second-order valence-electron chi connectivity index (χ2n) is 3.88. The molecule has 0 aromatic heterocycles. The molecule has 2 nitrogen and oxygen atoms in total. The van der Waals surface area contributed by atoms with Crippen molar-refractivity contribution in [2.24, 2.45) is 5.73 Å². The smallest absolute Gasteiger partial charge is 0.0943 e. The van der Waals surface area contributed by atoms with Crippen molar-refractivity contribution in [2.75, 3.05) is 0 Å². The van der Waals surface area contributed by atoms with Crippen molar-refractivity contribution in [1.29, 1.82) is 0 Å². The zero-order valence-electron chi connectivity index (χ0n) is 9.12. The lowest BCUT2D eigenvalue weighted by atomic mass is 9.95. The zero-order valence-corrected chi connectivity index (χ0v) is 9.12. The summed E-state index contributed by atoms with van der Waals surface area (Å²) < 4.78 is 0. The Morgan fingerprint density at radius 1 is 1.36 bits per heavy atom. The molecule has 0 bridgehead atoms. The Morgan fingerprint density at radius 2 is 2.00 bits per heavy atom. The molecule has 1 rings (SSSR count). The standard InChI is InChI=1S/C12H19NO/c1-4-11(13)12(14)10-7-8(2)5-6-9(10)3/h5-7,11-12,14H,4,13H2,1-3H3. The van der Waals surface area contributed by atoms with Gasteiger partial charge in [-0.3, -0.25) is 0 Å². The van der Waals surface area contributed by atoms with Gasteiger partial charge in [-0.1, -0.05) is 30.7 Å². The molecule has 0 aliphatic rings. The fourth-order valence-corrected chi connectivity index (χ4v) is 1.53. The fourth-order valence-electron chi connectivity index (χ4n) is 1.53. The van der Waals surface area contributed by atoms with Crippen molar-refractivity contribution in [2.45, 2.75) is 39.3 Å². The summed E-state index contributed by atoms with van der Waals surface area (Å²) in [7, 11) is 0. The van der Waals surface area contributed by atoms with Crippen molar-refractivity contribution in [3.63, 3.8) is 0 Å². The van der Waals surface area contributed by atoms with Crippen LogP contribution >= 0.6 is 0 Å². The van der Waals surface area contributed by atoms with E-state index in [1.54, 1.807) is 0 Å². The van der Waals surface area contributed by atoms with Crippen LogP contribution in [0.3, 0.4) is 0 Å². The maximum atomic E-state index is 9.97. The van der Waals surface area contributed by atoms with E-state index in [1.165, 1.54) is 0 Å². The van der Waals surface area contributed by atoms with Gasteiger partial charge in [0.2, 0.25) is 0 Å². The molecular weight excluding hydrogens is 174 g/mol. The summed E-state index contributed by atoms with van der Waals surface area (Å²) in [5.74, 6) is 0. The molecule has 0 aliphatic carbocycles. The average molecular weight is 193 g/mol. The number of hydrogen-bond donors (Lipinski definition) is 2. The zero-order chi connectivity index (χ0) is 10.7. The first-order valence-corrected chi connectivity index (χ1v) is 5.07. The number of hydrogen-bond acceptors (Lipinski definition) is 2. The molecule has 1 aromatic rings. The summed E-state index contributed by atoms with van der Waals surface area (Å²) >= 11 is 0. The summed E-state index contributed by atoms with van der Waals surface area (Å²) in [5, 5.41) is 9.97. The molecule has 0 radical (unpaired) electrons. The topological polar surface area (TPSA) is 46.2 Å². The Bertz CT molecular complexity index is 309. The monoisotopic (exact) mass is 193 g/mol. The van der Waals surface area contributed by atoms with Gasteiger partial charge in [-0.25, -0.2) is 0 Å². The number of nitrogens with two attached hydrogens (primary N) is 1. The minimum absolute atomic E-state index is 0.171. The molecule has 0 saturated carbocycles. The second-order valence-corrected chi connectivity index (χ2v) is 3.88. The molecule has 0 saturated heterocycles. The molecular formula is C12H19NO. The Kier molecular flexibility index (Phi) is 3.67. The van der Waals surface area contributed by atoms with Crippen LogP contribution < -0.4 is 5.73 Å². The quantitative estimate of drug-likeness (QED) is 0.772. The molecule has 78 valence electrons. The molecule has 0 aliphatic heterocycles. The van der Waals surface area contributed by atoms with Crippen LogP contribution in [0.1, 0.15) is 36.1 Å². The van der Waals surface area contributed by atoms with Gasteiger partial charge in [0.25, 0.3) is 0 Å². The van der Waals surface area contributed by atoms with E-state index in [2.05, 4.69) is 0 Å². The fraction of sp³-hybridized carbons (Fsp3) is 0.500. The maximum absolute atomic E-state index is 9.97. The van der Waals surface area contributed by atoms with Gasteiger partial charge in [-0.2, -0.15) is 0 Å². The maximum Gasteiger partial charge on any atom is 0.0943 e. The third-order valence-corrected chi connectivity index (χ3v) is 2.63. The largest absolute Gasteiger partial charge is 0.387 e. The van der Waals surface area contributed by atoms with E-state index in [0.717, 1.165) is 23.1 Å². The van der Waals surface area contributed by atoms with Gasteiger partial charge in [0.15, 0.2) is 0 Å². The van der Waals surface area contributed by atoms with Gasteiger partial charge < -0.3 is 10.8 Å². The van der Waals surface area contributed by atoms with Gasteiger partial charge in [0, 0.05) is 6.04 Å². The normalized spacial score (nSPS) is 15.2. The van der Waals surface area contributed by atoms with Crippen molar-refractivity contribution in [3.8, 4) is 0 Å². The van der Waals surface area contributed by atoms with Crippen LogP contribution in [0.5, 0.6) is 0 Å². The van der Waals surface area contributed by atoms with E-state index in [-0.39, 0.29) is 6.04 Å². The highest BCUT2D eigenvalue weighted by molar-refractivity contribution is 5.32. The van der Waals surface area contributed by atoms with E-state index >= 15 is 0 Å². The van der Waals surface area contributed by atoms with E-state index in [1.807, 2.05) is 39.0 Å². The van der Waals surface area contributed by atoms with Crippen LogP contribution in [0.15, 0.2) is 18.2 Å². The highest BCUT2D eigenvalue weighted by atomic mass is 16.3. The summed E-state index contributed by atoms with van der Waals surface area (Å²) in [5.41, 5.74) is 9.04. The van der Waals surface area contributed by atoms with Crippen molar-refractivity contribution < 1.29 is 5.11 Å². The third kappa shape index (κ3) is 2.34. The first-order valence-electron chi connectivity index (χ1n) is 5.07. The molecule has 3 N–H and O–H groups in total. The van der Waals surface area contributed by atoms with Crippen LogP contribution in [-0.2, 0) is 0 Å². The lowest BCUT2D eigenvalue weighted by molar-refractivity contribution is 0.143. The minimum atomic E-state index is -0.542. The number of aryl methyl sites for hydroxylation is 2. The molecule has 0 spiro atoms. The van der Waals surface area contributed by atoms with E-state index in [9.17, 15) is 5.11 Å². The Labute approximate surface area is 85.8 Å². The molecule has 0 fully saturated rings. The summed E-state index contributed by atoms with van der Waals surface area (Å²) in [4.78, 5) is 0. The molecule has 14 heavy (non-hydrogen) atoms. The van der Waals surface area contributed by atoms with Crippen molar-refractivity contribution >= 4 is 0 Å². The number of aliphatic hydroxyl groups excluding tert-OH is 1. The van der Waals surface area contributed by atoms with Gasteiger partial charge in [-0.05, 0) is 31.4 Å². The molecule has 1 aromatic carbocycles. The first kappa shape index (κ1) is 11.2. The second kappa shape index (κ2) is 4.58. The van der Waals surface area contributed by atoms with Crippen molar-refractivity contribution in [3.05, 3.63) is 34.9 Å². The molecule has 0 amide bonds. The van der Waals surface area contributed by atoms with Crippen LogP contribution in [0.4, 0.5) is 0 Å². The predicted molar refractivity (Wildman–Crippen MR) is 59.1 cm³/mol. The highest BCUT2D eigenvalue weighted by Gasteiger charge is 2.16. The molecule has 2 heteroatoms. The summed E-state index contributed by atoms with van der Waals surface area (Å²) in [6.45, 7) is 6.01. The lowest BCUT2D eigenvalue weighted by Gasteiger charge is -2.19. The summed E-state index contributed by atoms with van der Waals surface area (Å²) in [6, 6.07) is 5.91. The van der Waals surface area contributed by atoms with E-state index in [4.69, 9.17) is 5.73 Å². The Morgan fingerprint density at radius 3 is 2.57 bits per heavy atom. The van der Waals surface area contributed by atoms with Crippen molar-refractivity contribution in [1.82, 2.24) is 0 Å². The van der Waals surface area contributed by atoms with Crippen LogP contribution in [0.25, 0.3) is 0 Å². The van der Waals surface area contributed by atoms with E-state index in [0.29, 0.717) is 0 Å². The van der Waals surface area contributed by atoms with Crippen LogP contribution in [0.2, 0.25) is 0 Å². The average Bonchev–Trinajstić information content (AvgIpc) is 2.19. The number of benzene rings is 1. The minimum Gasteiger partial charge on any atom is -0.387 e. The Hall–Kier alpha value is -0.860. The third-order valence-electron chi connectivity index (χ3n) is 2.63. The van der Waals surface area contributed by atoms with Gasteiger partial charge >= 0.3 is 0 Å². The van der Waals surface area contributed by atoms with E-state index < -0.39 is 6.10 Å². The SMILES string of the molecule is CCC(N)C(O)c1cc(C)ccc1C. The number of aliphatic hydroxyl groups is 1. The Balaban J connectivity index is 2.99. The molecule has 2 atom stereocenters. The molecule has 0 heterocycles. The van der Waals surface area contributed by atoms with Gasteiger partial charge in [0.05, 0.1) is 6.10 Å². The lowest BCUT2D eigenvalue weighted by Crippen LogP contribution is -2.27. The number of rotatable bonds is 3.